The van der Waals surface area contributed by atoms with Crippen LogP contribution in [0.4, 0.5) is 11.6 Å². The standard InChI is InChI=1S/C11H19N7/c1-8(17(2)3)6-14-10-11-13-4-5-18(11)7-9(15-10)16-12/h4-5,7-8,16H,6,12H2,1-3H3,(H,14,15). The van der Waals surface area contributed by atoms with Crippen molar-refractivity contribution < 1.29 is 0 Å². The predicted molar refractivity (Wildman–Crippen MR) is 72.4 cm³/mol. The Morgan fingerprint density at radius 3 is 2.94 bits per heavy atom. The molecule has 0 amide bonds. The third kappa shape index (κ3) is 2.52. The van der Waals surface area contributed by atoms with Gasteiger partial charge in [-0.15, -0.1) is 0 Å². The highest BCUT2D eigenvalue weighted by atomic mass is 15.3. The van der Waals surface area contributed by atoms with Crippen LogP contribution in [0, 0.1) is 0 Å². The van der Waals surface area contributed by atoms with Crippen LogP contribution < -0.4 is 16.6 Å². The molecule has 7 nitrogen and oxygen atoms in total. The fraction of sp³-hybridized carbons (Fsp3) is 0.455. The monoisotopic (exact) mass is 249 g/mol. The normalized spacial score (nSPS) is 12.9. The molecule has 0 fully saturated rings. The molecule has 2 aromatic heterocycles. The summed E-state index contributed by atoms with van der Waals surface area (Å²) in [5.41, 5.74) is 3.34. The highest BCUT2D eigenvalue weighted by Crippen LogP contribution is 2.15. The number of hydrogen-bond donors (Lipinski definition) is 3. The van der Waals surface area contributed by atoms with E-state index in [9.17, 15) is 0 Å². The van der Waals surface area contributed by atoms with Crippen LogP contribution in [-0.4, -0.2) is 46.0 Å². The van der Waals surface area contributed by atoms with Gasteiger partial charge in [0.15, 0.2) is 17.3 Å². The van der Waals surface area contributed by atoms with Crippen molar-refractivity contribution in [1.29, 1.82) is 0 Å². The van der Waals surface area contributed by atoms with Crippen molar-refractivity contribution >= 4 is 17.3 Å². The molecule has 0 radical (unpaired) electrons. The summed E-state index contributed by atoms with van der Waals surface area (Å²) in [6.45, 7) is 2.93. The Morgan fingerprint density at radius 2 is 2.28 bits per heavy atom. The Kier molecular flexibility index (Phi) is 3.63. The van der Waals surface area contributed by atoms with Gasteiger partial charge in [-0.05, 0) is 21.0 Å². The van der Waals surface area contributed by atoms with E-state index in [1.54, 1.807) is 12.4 Å². The third-order valence-corrected chi connectivity index (χ3v) is 2.97. The Labute approximate surface area is 106 Å². The first kappa shape index (κ1) is 12.6. The van der Waals surface area contributed by atoms with Crippen LogP contribution in [0.25, 0.3) is 5.65 Å². The molecule has 4 N–H and O–H groups in total. The molecule has 1 atom stereocenters. The van der Waals surface area contributed by atoms with Gasteiger partial charge in [0, 0.05) is 25.0 Å². The van der Waals surface area contributed by atoms with E-state index in [1.165, 1.54) is 0 Å². The SMILES string of the molecule is CC(CNc1nc(NN)cn2ccnc12)N(C)C. The molecule has 0 saturated carbocycles. The molecule has 0 saturated heterocycles. The Morgan fingerprint density at radius 1 is 1.50 bits per heavy atom. The number of nitrogens with zero attached hydrogens (tertiary/aromatic N) is 4. The summed E-state index contributed by atoms with van der Waals surface area (Å²) in [7, 11) is 4.09. The molecule has 0 aliphatic carbocycles. The first-order valence-corrected chi connectivity index (χ1v) is 5.82. The molecule has 0 spiro atoms. The zero-order valence-electron chi connectivity index (χ0n) is 10.9. The number of rotatable bonds is 5. The first-order valence-electron chi connectivity index (χ1n) is 5.82. The minimum absolute atomic E-state index is 0.399. The summed E-state index contributed by atoms with van der Waals surface area (Å²) < 4.78 is 1.88. The summed E-state index contributed by atoms with van der Waals surface area (Å²) in [5.74, 6) is 6.72. The minimum Gasteiger partial charge on any atom is -0.365 e. The summed E-state index contributed by atoms with van der Waals surface area (Å²) in [6, 6.07) is 0.399. The summed E-state index contributed by atoms with van der Waals surface area (Å²) in [6.07, 6.45) is 5.39. The van der Waals surface area contributed by atoms with Crippen molar-refractivity contribution in [3.05, 3.63) is 18.6 Å². The number of nitrogen functional groups attached to an aromatic ring is 1. The molecule has 0 aliphatic rings. The van der Waals surface area contributed by atoms with Crippen LogP contribution in [0.3, 0.4) is 0 Å². The highest BCUT2D eigenvalue weighted by molar-refractivity contribution is 5.65. The molecule has 2 aromatic rings. The van der Waals surface area contributed by atoms with Crippen LogP contribution in [0.1, 0.15) is 6.92 Å². The maximum atomic E-state index is 5.40. The van der Waals surface area contributed by atoms with E-state index in [4.69, 9.17) is 5.84 Å². The lowest BCUT2D eigenvalue weighted by atomic mass is 10.3. The van der Waals surface area contributed by atoms with Crippen LogP contribution in [0.5, 0.6) is 0 Å². The van der Waals surface area contributed by atoms with E-state index in [-0.39, 0.29) is 0 Å². The number of hydrogen-bond acceptors (Lipinski definition) is 6. The number of likely N-dealkylation sites (N-methyl/N-ethyl adjacent to an activating group) is 1. The highest BCUT2D eigenvalue weighted by Gasteiger charge is 2.09. The zero-order chi connectivity index (χ0) is 13.1. The van der Waals surface area contributed by atoms with Gasteiger partial charge in [-0.25, -0.2) is 15.8 Å². The van der Waals surface area contributed by atoms with Gasteiger partial charge in [0.2, 0.25) is 0 Å². The second-order valence-corrected chi connectivity index (χ2v) is 4.47. The van der Waals surface area contributed by atoms with E-state index in [0.717, 1.165) is 18.0 Å². The van der Waals surface area contributed by atoms with Gasteiger partial charge in [0.25, 0.3) is 0 Å². The maximum absolute atomic E-state index is 5.40. The number of hydrazine groups is 1. The molecule has 98 valence electrons. The Balaban J connectivity index is 2.23. The lowest BCUT2D eigenvalue weighted by Gasteiger charge is -2.20. The van der Waals surface area contributed by atoms with Gasteiger partial charge >= 0.3 is 0 Å². The molecule has 1 unspecified atom stereocenters. The van der Waals surface area contributed by atoms with Crippen molar-refractivity contribution in [1.82, 2.24) is 19.3 Å². The largest absolute Gasteiger partial charge is 0.365 e. The van der Waals surface area contributed by atoms with Crippen molar-refractivity contribution in [3.63, 3.8) is 0 Å². The number of nitrogens with two attached hydrogens (primary N) is 1. The molecule has 2 rings (SSSR count). The van der Waals surface area contributed by atoms with Crippen LogP contribution in [0.15, 0.2) is 18.6 Å². The fourth-order valence-corrected chi connectivity index (χ4v) is 1.55. The number of fused-ring (bicyclic) bond motifs is 1. The minimum atomic E-state index is 0.399. The molecular formula is C11H19N7. The number of anilines is 2. The molecule has 0 bridgehead atoms. The van der Waals surface area contributed by atoms with E-state index < -0.39 is 0 Å². The van der Waals surface area contributed by atoms with E-state index in [0.29, 0.717) is 11.9 Å². The summed E-state index contributed by atoms with van der Waals surface area (Å²) in [4.78, 5) is 10.8. The smallest absolute Gasteiger partial charge is 0.180 e. The second kappa shape index (κ2) is 5.19. The average molecular weight is 249 g/mol. The van der Waals surface area contributed by atoms with Crippen molar-refractivity contribution in [3.8, 4) is 0 Å². The first-order chi connectivity index (χ1) is 8.61. The van der Waals surface area contributed by atoms with Crippen LogP contribution >= 0.6 is 0 Å². The predicted octanol–water partition coefficient (Wildman–Crippen LogP) is 0.377. The topological polar surface area (TPSA) is 83.5 Å². The van der Waals surface area contributed by atoms with Gasteiger partial charge in [-0.1, -0.05) is 0 Å². The zero-order valence-corrected chi connectivity index (χ0v) is 10.9. The number of nitrogens with one attached hydrogen (secondary N) is 2. The molecule has 0 aliphatic heterocycles. The lowest BCUT2D eigenvalue weighted by Crippen LogP contribution is -2.31. The van der Waals surface area contributed by atoms with Gasteiger partial charge in [0.05, 0.1) is 6.20 Å². The van der Waals surface area contributed by atoms with Gasteiger partial charge in [-0.2, -0.15) is 0 Å². The second-order valence-electron chi connectivity index (χ2n) is 4.47. The fourth-order valence-electron chi connectivity index (χ4n) is 1.55. The van der Waals surface area contributed by atoms with Gasteiger partial charge in [-0.3, -0.25) is 0 Å². The van der Waals surface area contributed by atoms with Crippen LogP contribution in [0.2, 0.25) is 0 Å². The molecular weight excluding hydrogens is 230 g/mol. The van der Waals surface area contributed by atoms with Crippen molar-refractivity contribution in [2.45, 2.75) is 13.0 Å². The van der Waals surface area contributed by atoms with E-state index in [1.807, 2.05) is 24.7 Å². The number of imidazole rings is 1. The molecule has 0 aromatic carbocycles. The van der Waals surface area contributed by atoms with Crippen molar-refractivity contribution in [2.75, 3.05) is 31.4 Å². The van der Waals surface area contributed by atoms with E-state index >= 15 is 0 Å². The molecule has 7 heteroatoms. The van der Waals surface area contributed by atoms with Crippen molar-refractivity contribution in [2.24, 2.45) is 5.84 Å². The third-order valence-electron chi connectivity index (χ3n) is 2.97. The maximum Gasteiger partial charge on any atom is 0.180 e. The van der Waals surface area contributed by atoms with Gasteiger partial charge < -0.3 is 20.0 Å². The molecule has 18 heavy (non-hydrogen) atoms. The summed E-state index contributed by atoms with van der Waals surface area (Å²) in [5, 5.41) is 3.30. The molecule has 2 heterocycles. The van der Waals surface area contributed by atoms with Crippen LogP contribution in [-0.2, 0) is 0 Å². The van der Waals surface area contributed by atoms with Gasteiger partial charge in [0.1, 0.15) is 0 Å². The summed E-state index contributed by atoms with van der Waals surface area (Å²) >= 11 is 0. The lowest BCUT2D eigenvalue weighted by molar-refractivity contribution is 0.326. The average Bonchev–Trinajstić information content (AvgIpc) is 2.83. The quantitative estimate of drug-likeness (QED) is 0.525. The Bertz CT molecular complexity index is 519. The van der Waals surface area contributed by atoms with E-state index in [2.05, 4.69) is 32.5 Å². The number of aromatic nitrogens is 3. The Hall–Kier alpha value is -1.86.